The minimum absolute atomic E-state index is 0.204. The molecule has 0 bridgehead atoms. The van der Waals surface area contributed by atoms with E-state index in [2.05, 4.69) is 31.9 Å². The van der Waals surface area contributed by atoms with Crippen molar-refractivity contribution >= 4 is 79.7 Å². The van der Waals surface area contributed by atoms with Gasteiger partial charge in [0.25, 0.3) is 5.91 Å². The Labute approximate surface area is 174 Å². The maximum Gasteiger partial charge on any atom is 0.254 e. The number of nitrogens with one attached hydrogen (secondary N) is 3. The largest absolute Gasteiger partial charge is 0.339 e. The Morgan fingerprint density at radius 1 is 1.00 bits per heavy atom. The Hall–Kier alpha value is -1.05. The predicted octanol–water partition coefficient (Wildman–Crippen LogP) is 4.86. The number of hydrogen-bond donors (Lipinski definition) is 3. The van der Waals surface area contributed by atoms with Crippen LogP contribution in [0, 0.1) is 0 Å². The van der Waals surface area contributed by atoms with E-state index in [1.807, 2.05) is 30.3 Å². The summed E-state index contributed by atoms with van der Waals surface area (Å²) < 4.78 is -1.19. The normalized spacial score (nSPS) is 12.2. The molecular weight excluding hydrogens is 469 g/mol. The summed E-state index contributed by atoms with van der Waals surface area (Å²) in [7, 11) is 0. The van der Waals surface area contributed by atoms with Crippen LogP contribution in [0.3, 0.4) is 0 Å². The van der Waals surface area contributed by atoms with Crippen LogP contribution < -0.4 is 16.0 Å². The third-order valence-electron chi connectivity index (χ3n) is 3.03. The number of para-hydroxylation sites is 1. The van der Waals surface area contributed by atoms with Gasteiger partial charge in [0.2, 0.25) is 3.79 Å². The molecule has 0 fully saturated rings. The maximum absolute atomic E-state index is 12.4. The van der Waals surface area contributed by atoms with Gasteiger partial charge in [-0.3, -0.25) is 4.79 Å². The van der Waals surface area contributed by atoms with Crippen LogP contribution in [0.25, 0.3) is 0 Å². The summed E-state index contributed by atoms with van der Waals surface area (Å²) >= 11 is 26.4. The van der Waals surface area contributed by atoms with Crippen LogP contribution in [0.15, 0.2) is 59.1 Å². The predicted molar refractivity (Wildman–Crippen MR) is 111 cm³/mol. The molecule has 2 rings (SSSR count). The van der Waals surface area contributed by atoms with Crippen LogP contribution in [0.5, 0.6) is 0 Å². The van der Waals surface area contributed by atoms with E-state index in [4.69, 9.17) is 47.0 Å². The summed E-state index contributed by atoms with van der Waals surface area (Å²) in [6, 6.07) is 16.2. The second-order valence-corrected chi connectivity index (χ2v) is 8.52. The molecule has 25 heavy (non-hydrogen) atoms. The van der Waals surface area contributed by atoms with Crippen molar-refractivity contribution in [2.24, 2.45) is 0 Å². The number of amides is 1. The number of benzene rings is 2. The molecule has 2 aromatic rings. The number of hydrogen-bond acceptors (Lipinski definition) is 2. The topological polar surface area (TPSA) is 53.2 Å². The van der Waals surface area contributed by atoms with E-state index < -0.39 is 15.9 Å². The minimum Gasteiger partial charge on any atom is -0.339 e. The van der Waals surface area contributed by atoms with Crippen LogP contribution in [-0.4, -0.2) is 21.0 Å². The zero-order valence-corrected chi connectivity index (χ0v) is 17.3. The van der Waals surface area contributed by atoms with Crippen molar-refractivity contribution in [1.29, 1.82) is 0 Å². The molecule has 0 heterocycles. The molecule has 0 spiro atoms. The molecule has 0 saturated heterocycles. The van der Waals surface area contributed by atoms with Crippen molar-refractivity contribution < 1.29 is 4.79 Å². The summed E-state index contributed by atoms with van der Waals surface area (Å²) in [5, 5.41) is 8.59. The van der Waals surface area contributed by atoms with Gasteiger partial charge in [0.05, 0.1) is 5.56 Å². The molecule has 3 N–H and O–H groups in total. The molecule has 1 atom stereocenters. The van der Waals surface area contributed by atoms with Crippen molar-refractivity contribution in [3.8, 4) is 0 Å². The molecule has 2 aromatic carbocycles. The van der Waals surface area contributed by atoms with Gasteiger partial charge >= 0.3 is 0 Å². The number of carbonyl (C=O) groups excluding carboxylic acids is 1. The van der Waals surface area contributed by atoms with E-state index in [1.165, 1.54) is 0 Å². The molecule has 0 aliphatic rings. The lowest BCUT2D eigenvalue weighted by Crippen LogP contribution is -2.56. The Balaban J connectivity index is 2.08. The van der Waals surface area contributed by atoms with Crippen molar-refractivity contribution in [3.05, 3.63) is 64.6 Å². The average molecular weight is 482 g/mol. The van der Waals surface area contributed by atoms with Crippen molar-refractivity contribution in [2.75, 3.05) is 5.32 Å². The zero-order valence-electron chi connectivity index (χ0n) is 12.6. The number of halogens is 4. The van der Waals surface area contributed by atoms with Crippen LogP contribution in [0.2, 0.25) is 0 Å². The van der Waals surface area contributed by atoms with Gasteiger partial charge in [0.15, 0.2) is 5.11 Å². The number of anilines is 1. The monoisotopic (exact) mass is 479 g/mol. The fraction of sp³-hybridized carbons (Fsp3) is 0.125. The van der Waals surface area contributed by atoms with Gasteiger partial charge < -0.3 is 16.0 Å². The summed E-state index contributed by atoms with van der Waals surface area (Å²) in [6.07, 6.45) is -1.04. The molecule has 0 unspecified atom stereocenters. The van der Waals surface area contributed by atoms with E-state index in [9.17, 15) is 4.79 Å². The standard InChI is InChI=1S/C16H13BrCl3N3OS/c17-12-9-5-4-8-11(12)13(24)22-14(16(18,19)20)23-15(25)21-10-6-2-1-3-7-10/h1-9,14H,(H,22,24)(H2,21,23,25)/t14-/m0/s1. The molecular formula is C16H13BrCl3N3OS. The number of carbonyl (C=O) groups is 1. The van der Waals surface area contributed by atoms with Crippen LogP contribution >= 0.6 is 63.0 Å². The first-order valence-electron chi connectivity index (χ1n) is 7.02. The zero-order chi connectivity index (χ0) is 18.4. The van der Waals surface area contributed by atoms with Gasteiger partial charge in [-0.2, -0.15) is 0 Å². The first-order chi connectivity index (χ1) is 11.8. The van der Waals surface area contributed by atoms with E-state index >= 15 is 0 Å². The number of alkyl halides is 3. The summed E-state index contributed by atoms with van der Waals surface area (Å²) in [6.45, 7) is 0. The molecule has 0 aromatic heterocycles. The lowest BCUT2D eigenvalue weighted by molar-refractivity contribution is 0.0934. The van der Waals surface area contributed by atoms with E-state index in [-0.39, 0.29) is 5.11 Å². The maximum atomic E-state index is 12.4. The molecule has 132 valence electrons. The fourth-order valence-electron chi connectivity index (χ4n) is 1.87. The lowest BCUT2D eigenvalue weighted by Gasteiger charge is -2.28. The van der Waals surface area contributed by atoms with Crippen molar-refractivity contribution in [2.45, 2.75) is 9.96 Å². The fourth-order valence-corrected chi connectivity index (χ4v) is 2.90. The van der Waals surface area contributed by atoms with Crippen LogP contribution in [-0.2, 0) is 0 Å². The third kappa shape index (κ3) is 6.31. The average Bonchev–Trinajstić information content (AvgIpc) is 2.54. The molecule has 0 aliphatic carbocycles. The Morgan fingerprint density at radius 3 is 2.20 bits per heavy atom. The van der Waals surface area contributed by atoms with Gasteiger partial charge in [0.1, 0.15) is 6.17 Å². The van der Waals surface area contributed by atoms with Crippen molar-refractivity contribution in [3.63, 3.8) is 0 Å². The number of rotatable bonds is 4. The Kier molecular flexibility index (Phi) is 7.34. The molecule has 0 aliphatic heterocycles. The Morgan fingerprint density at radius 2 is 1.60 bits per heavy atom. The van der Waals surface area contributed by atoms with Gasteiger partial charge in [-0.25, -0.2) is 0 Å². The van der Waals surface area contributed by atoms with E-state index in [0.29, 0.717) is 10.0 Å². The lowest BCUT2D eigenvalue weighted by atomic mass is 10.2. The van der Waals surface area contributed by atoms with Gasteiger partial charge in [0, 0.05) is 10.2 Å². The summed E-state index contributed by atoms with van der Waals surface area (Å²) in [5.74, 6) is -0.418. The SMILES string of the molecule is O=C(N[C@@H](NC(=S)Nc1ccccc1)C(Cl)(Cl)Cl)c1ccccc1Br. The van der Waals surface area contributed by atoms with E-state index in [1.54, 1.807) is 24.3 Å². The molecule has 4 nitrogen and oxygen atoms in total. The molecule has 0 saturated carbocycles. The molecule has 0 radical (unpaired) electrons. The van der Waals surface area contributed by atoms with Crippen LogP contribution in [0.1, 0.15) is 10.4 Å². The first-order valence-corrected chi connectivity index (χ1v) is 9.35. The molecule has 1 amide bonds. The quantitative estimate of drug-likeness (QED) is 0.332. The summed E-state index contributed by atoms with van der Waals surface area (Å²) in [4.78, 5) is 12.4. The highest BCUT2D eigenvalue weighted by Gasteiger charge is 2.35. The highest BCUT2D eigenvalue weighted by Crippen LogP contribution is 2.29. The Bertz CT molecular complexity index is 756. The minimum atomic E-state index is -1.82. The highest BCUT2D eigenvalue weighted by atomic mass is 79.9. The second kappa shape index (κ2) is 9.05. The number of thiocarbonyl (C=S) groups is 1. The van der Waals surface area contributed by atoms with Crippen LogP contribution in [0.4, 0.5) is 5.69 Å². The second-order valence-electron chi connectivity index (χ2n) is 4.89. The van der Waals surface area contributed by atoms with Gasteiger partial charge in [-0.1, -0.05) is 65.1 Å². The molecule has 9 heteroatoms. The van der Waals surface area contributed by atoms with Crippen molar-refractivity contribution in [1.82, 2.24) is 10.6 Å². The summed E-state index contributed by atoms with van der Waals surface area (Å²) in [5.41, 5.74) is 1.17. The highest BCUT2D eigenvalue weighted by molar-refractivity contribution is 9.10. The third-order valence-corrected chi connectivity index (χ3v) is 4.59. The smallest absolute Gasteiger partial charge is 0.254 e. The van der Waals surface area contributed by atoms with Gasteiger partial charge in [-0.15, -0.1) is 0 Å². The van der Waals surface area contributed by atoms with E-state index in [0.717, 1.165) is 5.69 Å². The first kappa shape index (κ1) is 20.3. The van der Waals surface area contributed by atoms with Gasteiger partial charge in [-0.05, 0) is 52.4 Å².